The average Bonchev–Trinajstić information content (AvgIpc) is 3.39. The Hall–Kier alpha value is -3.26. The maximum absolute atomic E-state index is 12.3. The van der Waals surface area contributed by atoms with Gasteiger partial charge in [-0.05, 0) is 43.3 Å². The molecule has 0 saturated carbocycles. The van der Waals surface area contributed by atoms with E-state index in [4.69, 9.17) is 9.15 Å². The van der Waals surface area contributed by atoms with Crippen molar-refractivity contribution in [1.29, 1.82) is 0 Å². The van der Waals surface area contributed by atoms with E-state index in [9.17, 15) is 4.79 Å². The molecule has 4 aromatic rings. The van der Waals surface area contributed by atoms with Crippen molar-refractivity contribution in [1.82, 2.24) is 20.5 Å². The van der Waals surface area contributed by atoms with Crippen LogP contribution in [0.15, 0.2) is 64.2 Å². The maximum Gasteiger partial charge on any atom is 0.231 e. The van der Waals surface area contributed by atoms with Crippen LogP contribution in [0, 0.1) is 0 Å². The second-order valence-corrected chi connectivity index (χ2v) is 7.40. The Morgan fingerprint density at radius 1 is 1.24 bits per heavy atom. The number of nitrogens with one attached hydrogen (secondary N) is 2. The number of hydrogen-bond acceptors (Lipinski definition) is 6. The molecule has 0 fully saturated rings. The second kappa shape index (κ2) is 8.40. The van der Waals surface area contributed by atoms with Gasteiger partial charge in [0.25, 0.3) is 0 Å². The molecule has 2 N–H and O–H groups in total. The van der Waals surface area contributed by atoms with Gasteiger partial charge < -0.3 is 14.5 Å². The summed E-state index contributed by atoms with van der Waals surface area (Å²) in [4.78, 5) is 16.7. The standard InChI is InChI=1S/C21H20N4O3S/c1-13(18-11-15-5-3-4-6-17(15)28-18)22-19(26)12-29-21-23-20(24-25-21)14-7-9-16(27-2)10-8-14/h3-11,13H,12H2,1-2H3,(H,22,26)(H,23,24,25)/t13-/m1/s1. The van der Waals surface area contributed by atoms with Gasteiger partial charge in [-0.15, -0.1) is 5.10 Å². The average molecular weight is 408 g/mol. The van der Waals surface area contributed by atoms with E-state index < -0.39 is 0 Å². The molecule has 2 aromatic carbocycles. The van der Waals surface area contributed by atoms with Crippen LogP contribution in [-0.2, 0) is 4.79 Å². The summed E-state index contributed by atoms with van der Waals surface area (Å²) in [5, 5.41) is 11.5. The number of carbonyl (C=O) groups is 1. The molecule has 1 amide bonds. The number of aromatic amines is 1. The predicted octanol–water partition coefficient (Wildman–Crippen LogP) is 4.20. The van der Waals surface area contributed by atoms with E-state index in [1.807, 2.05) is 61.5 Å². The van der Waals surface area contributed by atoms with Gasteiger partial charge in [0, 0.05) is 10.9 Å². The lowest BCUT2D eigenvalue weighted by Gasteiger charge is -2.10. The van der Waals surface area contributed by atoms with Crippen LogP contribution in [0.5, 0.6) is 5.75 Å². The zero-order chi connectivity index (χ0) is 20.2. The van der Waals surface area contributed by atoms with E-state index >= 15 is 0 Å². The molecule has 29 heavy (non-hydrogen) atoms. The van der Waals surface area contributed by atoms with E-state index in [0.29, 0.717) is 11.0 Å². The molecule has 148 valence electrons. The monoisotopic (exact) mass is 408 g/mol. The molecule has 4 rings (SSSR count). The molecule has 1 atom stereocenters. The molecule has 8 heteroatoms. The van der Waals surface area contributed by atoms with Crippen molar-refractivity contribution in [3.63, 3.8) is 0 Å². The molecule has 0 spiro atoms. The first-order chi connectivity index (χ1) is 14.1. The van der Waals surface area contributed by atoms with E-state index in [1.54, 1.807) is 7.11 Å². The number of rotatable bonds is 7. The van der Waals surface area contributed by atoms with Gasteiger partial charge in [0.2, 0.25) is 11.1 Å². The summed E-state index contributed by atoms with van der Waals surface area (Å²) in [6.45, 7) is 1.90. The largest absolute Gasteiger partial charge is 0.497 e. The summed E-state index contributed by atoms with van der Waals surface area (Å²) in [6.07, 6.45) is 0. The molecule has 0 bridgehead atoms. The third-order valence-electron chi connectivity index (χ3n) is 4.41. The van der Waals surface area contributed by atoms with Crippen LogP contribution in [0.2, 0.25) is 0 Å². The number of methoxy groups -OCH3 is 1. The fourth-order valence-corrected chi connectivity index (χ4v) is 3.50. The van der Waals surface area contributed by atoms with Crippen molar-refractivity contribution in [3.05, 3.63) is 60.4 Å². The molecule has 7 nitrogen and oxygen atoms in total. The Labute approximate surface area is 171 Å². The summed E-state index contributed by atoms with van der Waals surface area (Å²) in [6, 6.07) is 17.0. The minimum absolute atomic E-state index is 0.112. The number of H-pyrrole nitrogens is 1. The normalized spacial score (nSPS) is 12.1. The Bertz CT molecular complexity index is 1090. The van der Waals surface area contributed by atoms with Crippen LogP contribution in [0.4, 0.5) is 0 Å². The maximum atomic E-state index is 12.3. The van der Waals surface area contributed by atoms with Crippen molar-refractivity contribution in [2.45, 2.75) is 18.1 Å². The molecule has 0 aliphatic carbocycles. The smallest absolute Gasteiger partial charge is 0.231 e. The first kappa shape index (κ1) is 19.1. The first-order valence-electron chi connectivity index (χ1n) is 9.10. The third-order valence-corrected chi connectivity index (χ3v) is 5.26. The lowest BCUT2D eigenvalue weighted by Crippen LogP contribution is -2.27. The zero-order valence-electron chi connectivity index (χ0n) is 16.0. The number of amides is 1. The lowest BCUT2D eigenvalue weighted by atomic mass is 10.2. The van der Waals surface area contributed by atoms with Gasteiger partial charge in [-0.3, -0.25) is 9.89 Å². The molecule has 2 aromatic heterocycles. The SMILES string of the molecule is COc1ccc(-c2nc(SCC(=O)N[C@H](C)c3cc4ccccc4o3)n[nH]2)cc1. The Balaban J connectivity index is 1.32. The van der Waals surface area contributed by atoms with Crippen LogP contribution < -0.4 is 10.1 Å². The van der Waals surface area contributed by atoms with Gasteiger partial charge in [-0.1, -0.05) is 30.0 Å². The lowest BCUT2D eigenvalue weighted by molar-refractivity contribution is -0.119. The topological polar surface area (TPSA) is 93.0 Å². The molecule has 0 saturated heterocycles. The summed E-state index contributed by atoms with van der Waals surface area (Å²) >= 11 is 1.27. The molecule has 0 unspecified atom stereocenters. The Kier molecular flexibility index (Phi) is 5.53. The van der Waals surface area contributed by atoms with E-state index in [-0.39, 0.29) is 17.7 Å². The summed E-state index contributed by atoms with van der Waals surface area (Å²) in [5.74, 6) is 2.25. The number of furan rings is 1. The molecular weight excluding hydrogens is 388 g/mol. The molecule has 0 radical (unpaired) electrons. The highest BCUT2D eigenvalue weighted by molar-refractivity contribution is 7.99. The van der Waals surface area contributed by atoms with Gasteiger partial charge in [0.15, 0.2) is 5.82 Å². The van der Waals surface area contributed by atoms with E-state index in [2.05, 4.69) is 20.5 Å². The van der Waals surface area contributed by atoms with Crippen molar-refractivity contribution in [2.75, 3.05) is 12.9 Å². The van der Waals surface area contributed by atoms with Crippen molar-refractivity contribution < 1.29 is 13.9 Å². The highest BCUT2D eigenvalue weighted by atomic mass is 32.2. The zero-order valence-corrected chi connectivity index (χ0v) is 16.8. The van der Waals surface area contributed by atoms with Gasteiger partial charge in [0.05, 0.1) is 18.9 Å². The number of hydrogen-bond donors (Lipinski definition) is 2. The number of aromatic nitrogens is 3. The highest BCUT2D eigenvalue weighted by Crippen LogP contribution is 2.24. The number of benzene rings is 2. The summed E-state index contributed by atoms with van der Waals surface area (Å²) in [5.41, 5.74) is 1.71. The number of fused-ring (bicyclic) bond motifs is 1. The fourth-order valence-electron chi connectivity index (χ4n) is 2.89. The van der Waals surface area contributed by atoms with Crippen LogP contribution in [-0.4, -0.2) is 34.0 Å². The highest BCUT2D eigenvalue weighted by Gasteiger charge is 2.15. The van der Waals surface area contributed by atoms with Crippen molar-refractivity contribution in [3.8, 4) is 17.1 Å². The van der Waals surface area contributed by atoms with Crippen molar-refractivity contribution >= 4 is 28.6 Å². The molecule has 0 aliphatic rings. The minimum atomic E-state index is -0.225. The van der Waals surface area contributed by atoms with Crippen LogP contribution in [0.25, 0.3) is 22.4 Å². The fraction of sp³-hybridized carbons (Fsp3) is 0.190. The molecular formula is C21H20N4O3S. The number of para-hydroxylation sites is 1. The van der Waals surface area contributed by atoms with E-state index in [1.165, 1.54) is 11.8 Å². The van der Waals surface area contributed by atoms with Crippen LogP contribution in [0.3, 0.4) is 0 Å². The Morgan fingerprint density at radius 2 is 2.03 bits per heavy atom. The van der Waals surface area contributed by atoms with Crippen LogP contribution >= 0.6 is 11.8 Å². The van der Waals surface area contributed by atoms with Crippen LogP contribution in [0.1, 0.15) is 18.7 Å². The number of ether oxygens (including phenoxy) is 1. The third kappa shape index (κ3) is 4.43. The number of carbonyl (C=O) groups excluding carboxylic acids is 1. The first-order valence-corrected chi connectivity index (χ1v) is 10.1. The second-order valence-electron chi connectivity index (χ2n) is 6.46. The summed E-state index contributed by atoms with van der Waals surface area (Å²) < 4.78 is 11.0. The number of thioether (sulfide) groups is 1. The van der Waals surface area contributed by atoms with E-state index in [0.717, 1.165) is 28.0 Å². The summed E-state index contributed by atoms with van der Waals surface area (Å²) in [7, 11) is 1.62. The Morgan fingerprint density at radius 3 is 2.79 bits per heavy atom. The van der Waals surface area contributed by atoms with Crippen molar-refractivity contribution in [2.24, 2.45) is 0 Å². The van der Waals surface area contributed by atoms with Gasteiger partial charge in [-0.25, -0.2) is 4.98 Å². The molecule has 0 aliphatic heterocycles. The molecule has 2 heterocycles. The van der Waals surface area contributed by atoms with Gasteiger partial charge in [0.1, 0.15) is 17.1 Å². The van der Waals surface area contributed by atoms with Gasteiger partial charge >= 0.3 is 0 Å². The predicted molar refractivity (Wildman–Crippen MR) is 112 cm³/mol. The number of nitrogens with zero attached hydrogens (tertiary/aromatic N) is 2. The minimum Gasteiger partial charge on any atom is -0.497 e. The quantitative estimate of drug-likeness (QED) is 0.445. The van der Waals surface area contributed by atoms with Gasteiger partial charge in [-0.2, -0.15) is 0 Å².